The molecular formula is H9AsBPSb. The Morgan fingerprint density at radius 2 is 1.00 bits per heavy atom. The molecular weight excluding hydrogens is 238 g/mol. The summed E-state index contributed by atoms with van der Waals surface area (Å²) in [4.78, 5) is 0. The molecule has 0 bridgehead atoms. The molecule has 0 saturated heterocycles. The molecule has 27 valence electrons. The van der Waals surface area contributed by atoms with E-state index in [4.69, 9.17) is 0 Å². The Balaban J connectivity index is 0. The molecule has 0 aliphatic heterocycles. The fourth-order valence-corrected chi connectivity index (χ4v) is 0. The van der Waals surface area contributed by atoms with Crippen LogP contribution < -0.4 is 0 Å². The van der Waals surface area contributed by atoms with Crippen LogP contribution in [0.3, 0.4) is 0 Å². The third-order valence-electron chi connectivity index (χ3n) is 0. The predicted octanol–water partition coefficient (Wildman–Crippen LogP) is -2.69. The van der Waals surface area contributed by atoms with Gasteiger partial charge in [-0.2, -0.15) is 9.90 Å². The molecule has 0 heterocycles. The van der Waals surface area contributed by atoms with Crippen molar-refractivity contribution in [3.63, 3.8) is 0 Å². The van der Waals surface area contributed by atoms with Crippen molar-refractivity contribution in [3.8, 4) is 0 Å². The van der Waals surface area contributed by atoms with E-state index in [1.165, 1.54) is 0 Å². The van der Waals surface area contributed by atoms with Gasteiger partial charge in [0.1, 0.15) is 0 Å². The van der Waals surface area contributed by atoms with Crippen molar-refractivity contribution in [2.75, 3.05) is 0 Å². The molecule has 0 aliphatic rings. The Hall–Kier alpha value is 1.87. The molecule has 2 unspecified atom stereocenters. The van der Waals surface area contributed by atoms with Gasteiger partial charge in [-0.15, -0.1) is 0 Å². The van der Waals surface area contributed by atoms with Crippen LogP contribution in [0.1, 0.15) is 0 Å². The summed E-state index contributed by atoms with van der Waals surface area (Å²) in [7, 11) is 0. The zero-order valence-corrected chi connectivity index (χ0v) is 11.1. The van der Waals surface area contributed by atoms with Crippen LogP contribution in [0.5, 0.6) is 0 Å². The normalized spacial score (nSPS) is 0. The standard InChI is InChI=1S/AsH3.B.H3P.Sb.3H/h1H3;;1H3;;;;. The van der Waals surface area contributed by atoms with Crippen molar-refractivity contribution in [1.29, 1.82) is 0 Å². The van der Waals surface area contributed by atoms with Gasteiger partial charge in [-0.05, 0) is 0 Å². The van der Waals surface area contributed by atoms with E-state index in [-0.39, 0.29) is 60.7 Å². The van der Waals surface area contributed by atoms with Crippen molar-refractivity contribution < 1.29 is 0 Å². The molecule has 4 heteroatoms. The van der Waals surface area contributed by atoms with Crippen LogP contribution in [0, 0.1) is 0 Å². The van der Waals surface area contributed by atoms with Crippen molar-refractivity contribution >= 4 is 60.7 Å². The molecule has 2 atom stereocenters. The van der Waals surface area contributed by atoms with Crippen molar-refractivity contribution in [2.24, 2.45) is 0 Å². The van der Waals surface area contributed by atoms with Crippen LogP contribution in [-0.4, -0.2) is 50.8 Å². The molecule has 3 radical (unpaired) electrons. The molecule has 0 N–H and O–H groups in total. The Labute approximate surface area is 60.4 Å². The first-order valence-corrected chi connectivity index (χ1v) is 0. The van der Waals surface area contributed by atoms with Crippen LogP contribution in [0.15, 0.2) is 0 Å². The van der Waals surface area contributed by atoms with E-state index < -0.39 is 0 Å². The molecule has 0 spiro atoms. The molecule has 0 fully saturated rings. The number of hydrogen-bond acceptors (Lipinski definition) is 0. The Morgan fingerprint density at radius 1 is 1.00 bits per heavy atom. The maximum atomic E-state index is 0. The molecule has 0 aromatic carbocycles. The summed E-state index contributed by atoms with van der Waals surface area (Å²) in [6, 6.07) is 0. The Bertz CT molecular complexity index is 8.00. The van der Waals surface area contributed by atoms with E-state index >= 15 is 0 Å². The van der Waals surface area contributed by atoms with Crippen LogP contribution in [0.4, 0.5) is 0 Å². The molecule has 0 aromatic rings. The second kappa shape index (κ2) is 20.8. The van der Waals surface area contributed by atoms with Gasteiger partial charge in [0, 0.05) is 8.41 Å². The number of rotatable bonds is 0. The van der Waals surface area contributed by atoms with Crippen molar-refractivity contribution in [2.45, 2.75) is 0 Å². The van der Waals surface area contributed by atoms with Gasteiger partial charge < -0.3 is 0 Å². The van der Waals surface area contributed by atoms with Crippen LogP contribution in [-0.2, 0) is 0 Å². The van der Waals surface area contributed by atoms with E-state index in [1.807, 2.05) is 0 Å². The van der Waals surface area contributed by atoms with Gasteiger partial charge in [0.05, 0.1) is 0 Å². The third kappa shape index (κ3) is 9.11. The summed E-state index contributed by atoms with van der Waals surface area (Å²) in [5.41, 5.74) is 0. The fraction of sp³-hybridized carbons (Fsp3) is 0. The topological polar surface area (TPSA) is 0 Å². The first-order chi connectivity index (χ1) is 0. The van der Waals surface area contributed by atoms with E-state index in [0.29, 0.717) is 0 Å². The average molecular weight is 248 g/mol. The average Bonchev–Trinajstić information content (AvgIpc) is 0. The van der Waals surface area contributed by atoms with E-state index in [2.05, 4.69) is 0 Å². The van der Waals surface area contributed by atoms with Gasteiger partial charge in [0.25, 0.3) is 0 Å². The van der Waals surface area contributed by atoms with Crippen molar-refractivity contribution in [3.05, 3.63) is 0 Å². The summed E-state index contributed by atoms with van der Waals surface area (Å²) in [5.74, 6) is 0. The third-order valence-corrected chi connectivity index (χ3v) is 0. The minimum absolute atomic E-state index is 0. The summed E-state index contributed by atoms with van der Waals surface area (Å²) in [5, 5.41) is 0. The van der Waals surface area contributed by atoms with Crippen molar-refractivity contribution in [1.82, 2.24) is 0 Å². The minimum atomic E-state index is 0. The van der Waals surface area contributed by atoms with Crippen LogP contribution in [0.2, 0.25) is 0 Å². The molecule has 0 aromatic heterocycles. The zero-order valence-electron chi connectivity index (χ0n) is 2.70. The second-order valence-corrected chi connectivity index (χ2v) is 0. The monoisotopic (exact) mass is 247 g/mol. The number of hydrogen-bond donors (Lipinski definition) is 0. The van der Waals surface area contributed by atoms with E-state index in [1.54, 1.807) is 0 Å². The summed E-state index contributed by atoms with van der Waals surface area (Å²) >= 11 is 0. The molecule has 0 nitrogen and oxygen atoms in total. The predicted molar refractivity (Wildman–Crippen MR) is 36.7 cm³/mol. The Morgan fingerprint density at radius 3 is 1.00 bits per heavy atom. The fourth-order valence-electron chi connectivity index (χ4n) is 0. The first kappa shape index (κ1) is 39.8. The molecule has 0 saturated carbocycles. The molecule has 0 aliphatic carbocycles. The molecule has 0 rings (SSSR count). The van der Waals surface area contributed by atoms with Gasteiger partial charge in [0.2, 0.25) is 0 Å². The summed E-state index contributed by atoms with van der Waals surface area (Å²) in [6.07, 6.45) is 0. The molecule has 0 amide bonds. The van der Waals surface area contributed by atoms with Crippen LogP contribution in [0.25, 0.3) is 0 Å². The maximum absolute atomic E-state index is 0. The molecule has 4 heavy (non-hydrogen) atoms. The van der Waals surface area contributed by atoms with Gasteiger partial charge in [-0.25, -0.2) is 0 Å². The van der Waals surface area contributed by atoms with E-state index in [0.717, 1.165) is 0 Å². The van der Waals surface area contributed by atoms with Gasteiger partial charge in [-0.3, -0.25) is 0 Å². The second-order valence-electron chi connectivity index (χ2n) is 0. The van der Waals surface area contributed by atoms with Gasteiger partial charge >= 0.3 is 42.4 Å². The zero-order chi connectivity index (χ0) is 0. The van der Waals surface area contributed by atoms with E-state index in [9.17, 15) is 0 Å². The summed E-state index contributed by atoms with van der Waals surface area (Å²) < 4.78 is 0. The summed E-state index contributed by atoms with van der Waals surface area (Å²) in [6.45, 7) is 0. The first-order valence-electron chi connectivity index (χ1n) is 0. The quantitative estimate of drug-likeness (QED) is 0.323. The van der Waals surface area contributed by atoms with Crippen LogP contribution >= 0.6 is 9.90 Å². The van der Waals surface area contributed by atoms with Gasteiger partial charge in [0.15, 0.2) is 0 Å². The SMILES string of the molecule is P.[AsH3].[B].[SbH3]. The Kier molecular flexibility index (Phi) is 207. The van der Waals surface area contributed by atoms with Gasteiger partial charge in [-0.1, -0.05) is 0 Å².